The van der Waals surface area contributed by atoms with Gasteiger partial charge in [0.2, 0.25) is 0 Å². The van der Waals surface area contributed by atoms with E-state index in [1.165, 1.54) is 13.0 Å². The van der Waals surface area contributed by atoms with Crippen molar-refractivity contribution in [2.75, 3.05) is 46.4 Å². The van der Waals surface area contributed by atoms with Gasteiger partial charge in [-0.25, -0.2) is 0 Å². The molecule has 5 nitrogen and oxygen atoms in total. The normalized spacial score (nSPS) is 13.7. The Hall–Kier alpha value is -0.810. The summed E-state index contributed by atoms with van der Waals surface area (Å²) in [6.45, 7) is 17.0. The molecule has 1 unspecified atom stereocenters. The zero-order chi connectivity index (χ0) is 17.5. The molecule has 0 aliphatic rings. The van der Waals surface area contributed by atoms with Crippen LogP contribution < -0.4 is 10.6 Å². The Balaban J connectivity index is 3.74. The average Bonchev–Trinajstić information content (AvgIpc) is 2.53. The number of nitrogens with zero attached hydrogens (tertiary/aromatic N) is 2. The molecule has 5 heteroatoms. The predicted molar refractivity (Wildman–Crippen MR) is 101 cm³/mol. The molecule has 0 saturated heterocycles. The maximum absolute atomic E-state index is 5.58. The average molecular weight is 329 g/mol. The molecule has 0 aliphatic heterocycles. The van der Waals surface area contributed by atoms with Crippen LogP contribution in [0.4, 0.5) is 0 Å². The van der Waals surface area contributed by atoms with Gasteiger partial charge in [-0.2, -0.15) is 0 Å². The van der Waals surface area contributed by atoms with Crippen LogP contribution in [0.15, 0.2) is 4.99 Å². The third kappa shape index (κ3) is 13.3. The Morgan fingerprint density at radius 2 is 1.83 bits per heavy atom. The minimum Gasteiger partial charge on any atom is -0.381 e. The fourth-order valence-corrected chi connectivity index (χ4v) is 2.36. The van der Waals surface area contributed by atoms with E-state index in [0.717, 1.165) is 51.6 Å². The van der Waals surface area contributed by atoms with Crippen molar-refractivity contribution in [3.63, 3.8) is 0 Å². The van der Waals surface area contributed by atoms with Gasteiger partial charge in [-0.3, -0.25) is 4.99 Å². The zero-order valence-electron chi connectivity index (χ0n) is 16.3. The summed E-state index contributed by atoms with van der Waals surface area (Å²) in [7, 11) is 1.83. The Morgan fingerprint density at radius 3 is 2.39 bits per heavy atom. The van der Waals surface area contributed by atoms with Crippen LogP contribution >= 0.6 is 0 Å². The smallest absolute Gasteiger partial charge is 0.191 e. The van der Waals surface area contributed by atoms with Gasteiger partial charge in [-0.05, 0) is 51.7 Å². The third-order valence-corrected chi connectivity index (χ3v) is 3.82. The molecule has 0 heterocycles. The largest absolute Gasteiger partial charge is 0.381 e. The summed E-state index contributed by atoms with van der Waals surface area (Å²) >= 11 is 0. The minimum absolute atomic E-state index is 0.439. The monoisotopic (exact) mass is 328 g/mol. The van der Waals surface area contributed by atoms with Gasteiger partial charge in [0.1, 0.15) is 0 Å². The molecule has 0 saturated carbocycles. The minimum atomic E-state index is 0.439. The number of guanidine groups is 1. The fourth-order valence-electron chi connectivity index (χ4n) is 2.36. The second kappa shape index (κ2) is 14.8. The lowest BCUT2D eigenvalue weighted by Gasteiger charge is -2.21. The number of aliphatic imine (C=N–C) groups is 1. The van der Waals surface area contributed by atoms with Crippen molar-refractivity contribution in [1.82, 2.24) is 15.5 Å². The summed E-state index contributed by atoms with van der Waals surface area (Å²) in [4.78, 5) is 6.76. The molecule has 0 amide bonds. The van der Waals surface area contributed by atoms with Crippen LogP contribution in [-0.2, 0) is 4.74 Å². The molecule has 0 aromatic heterocycles. The highest BCUT2D eigenvalue weighted by Gasteiger charge is 2.06. The van der Waals surface area contributed by atoms with Gasteiger partial charge in [0.25, 0.3) is 0 Å². The molecular formula is C18H40N4O. The van der Waals surface area contributed by atoms with E-state index in [-0.39, 0.29) is 0 Å². The number of hydrogen-bond acceptors (Lipinski definition) is 3. The summed E-state index contributed by atoms with van der Waals surface area (Å²) in [5.74, 6) is 1.50. The van der Waals surface area contributed by atoms with Crippen LogP contribution in [0.25, 0.3) is 0 Å². The molecule has 0 aromatic rings. The fraction of sp³-hybridized carbons (Fsp3) is 0.944. The zero-order valence-corrected chi connectivity index (χ0v) is 16.3. The quantitative estimate of drug-likeness (QED) is 0.310. The van der Waals surface area contributed by atoms with E-state index in [1.807, 2.05) is 7.05 Å². The summed E-state index contributed by atoms with van der Waals surface area (Å²) in [5, 5.41) is 6.82. The van der Waals surface area contributed by atoms with Crippen molar-refractivity contribution in [1.29, 1.82) is 0 Å². The molecule has 0 aromatic carbocycles. The molecule has 0 rings (SSSR count). The Kier molecular flexibility index (Phi) is 14.2. The van der Waals surface area contributed by atoms with E-state index >= 15 is 0 Å². The summed E-state index contributed by atoms with van der Waals surface area (Å²) in [6, 6.07) is 0.439. The molecule has 0 radical (unpaired) electrons. The maximum Gasteiger partial charge on any atom is 0.191 e. The van der Waals surface area contributed by atoms with Crippen molar-refractivity contribution in [2.24, 2.45) is 10.9 Å². The predicted octanol–water partition coefficient (Wildman–Crippen LogP) is 2.72. The standard InChI is InChI=1S/C18H40N4O/c1-7-22(8-2)13-9-11-17(5)21-18(19-6)20-12-10-14-23-15-16(3)4/h16-17H,7-15H2,1-6H3,(H2,19,20,21). The number of rotatable bonds is 13. The van der Waals surface area contributed by atoms with Crippen molar-refractivity contribution in [3.05, 3.63) is 0 Å². The molecule has 2 N–H and O–H groups in total. The SMILES string of the molecule is CCN(CC)CCCC(C)NC(=NC)NCCCOCC(C)C. The number of ether oxygens (including phenoxy) is 1. The Morgan fingerprint density at radius 1 is 1.13 bits per heavy atom. The lowest BCUT2D eigenvalue weighted by molar-refractivity contribution is 0.108. The first kappa shape index (κ1) is 22.2. The van der Waals surface area contributed by atoms with Crippen LogP contribution in [0.2, 0.25) is 0 Å². The Bertz CT molecular complexity index is 291. The van der Waals surface area contributed by atoms with E-state index in [0.29, 0.717) is 12.0 Å². The Labute approximate surface area is 144 Å². The van der Waals surface area contributed by atoms with E-state index in [2.05, 4.69) is 55.1 Å². The van der Waals surface area contributed by atoms with Gasteiger partial charge in [0.05, 0.1) is 0 Å². The van der Waals surface area contributed by atoms with E-state index < -0.39 is 0 Å². The highest BCUT2D eigenvalue weighted by molar-refractivity contribution is 5.79. The van der Waals surface area contributed by atoms with Gasteiger partial charge in [0.15, 0.2) is 5.96 Å². The van der Waals surface area contributed by atoms with Crippen LogP contribution in [-0.4, -0.2) is 63.3 Å². The number of hydrogen-bond donors (Lipinski definition) is 2. The van der Waals surface area contributed by atoms with Gasteiger partial charge < -0.3 is 20.3 Å². The molecular weight excluding hydrogens is 288 g/mol. The lowest BCUT2D eigenvalue weighted by Crippen LogP contribution is -2.43. The molecule has 138 valence electrons. The lowest BCUT2D eigenvalue weighted by atomic mass is 10.2. The van der Waals surface area contributed by atoms with Crippen LogP contribution in [0, 0.1) is 5.92 Å². The van der Waals surface area contributed by atoms with Crippen molar-refractivity contribution < 1.29 is 4.74 Å². The highest BCUT2D eigenvalue weighted by atomic mass is 16.5. The first-order chi connectivity index (χ1) is 11.0. The first-order valence-electron chi connectivity index (χ1n) is 9.30. The van der Waals surface area contributed by atoms with Gasteiger partial charge >= 0.3 is 0 Å². The van der Waals surface area contributed by atoms with Crippen LogP contribution in [0.5, 0.6) is 0 Å². The van der Waals surface area contributed by atoms with Crippen LogP contribution in [0.3, 0.4) is 0 Å². The van der Waals surface area contributed by atoms with Gasteiger partial charge in [-0.1, -0.05) is 27.7 Å². The highest BCUT2D eigenvalue weighted by Crippen LogP contribution is 1.99. The van der Waals surface area contributed by atoms with Crippen molar-refractivity contribution >= 4 is 5.96 Å². The molecule has 0 aliphatic carbocycles. The summed E-state index contributed by atoms with van der Waals surface area (Å²) in [5.41, 5.74) is 0. The molecule has 1 atom stereocenters. The van der Waals surface area contributed by atoms with Crippen LogP contribution in [0.1, 0.15) is 53.9 Å². The summed E-state index contributed by atoms with van der Waals surface area (Å²) < 4.78 is 5.58. The topological polar surface area (TPSA) is 48.9 Å². The molecule has 0 bridgehead atoms. The van der Waals surface area contributed by atoms with Crippen molar-refractivity contribution in [2.45, 2.75) is 59.9 Å². The first-order valence-corrected chi connectivity index (χ1v) is 9.30. The van der Waals surface area contributed by atoms with E-state index in [9.17, 15) is 0 Å². The summed E-state index contributed by atoms with van der Waals surface area (Å²) in [6.07, 6.45) is 3.38. The molecule has 23 heavy (non-hydrogen) atoms. The molecule has 0 fully saturated rings. The maximum atomic E-state index is 5.58. The second-order valence-corrected chi connectivity index (χ2v) is 6.54. The third-order valence-electron chi connectivity index (χ3n) is 3.82. The second-order valence-electron chi connectivity index (χ2n) is 6.54. The molecule has 0 spiro atoms. The van der Waals surface area contributed by atoms with Gasteiger partial charge in [0, 0.05) is 32.8 Å². The number of nitrogens with one attached hydrogen (secondary N) is 2. The van der Waals surface area contributed by atoms with E-state index in [4.69, 9.17) is 4.74 Å². The van der Waals surface area contributed by atoms with Gasteiger partial charge in [-0.15, -0.1) is 0 Å². The van der Waals surface area contributed by atoms with E-state index in [1.54, 1.807) is 0 Å². The van der Waals surface area contributed by atoms with Crippen molar-refractivity contribution in [3.8, 4) is 0 Å².